The van der Waals surface area contributed by atoms with E-state index in [0.29, 0.717) is 11.1 Å². The number of nitrogens with one attached hydrogen (secondary N) is 1. The standard InChI is InChI=1S/C12H23ClN2/c1-4-15-7-5-12(6-8-15)11(3)14-9-10(2)13/h11-12,14H,2,4-9H2,1,3H3. The lowest BCUT2D eigenvalue weighted by Gasteiger charge is -2.34. The molecule has 15 heavy (non-hydrogen) atoms. The molecular formula is C12H23ClN2. The van der Waals surface area contributed by atoms with Crippen molar-refractivity contribution in [2.45, 2.75) is 32.7 Å². The van der Waals surface area contributed by atoms with E-state index in [1.165, 1.54) is 32.5 Å². The molecule has 1 rings (SSSR count). The van der Waals surface area contributed by atoms with Gasteiger partial charge in [-0.3, -0.25) is 0 Å². The molecule has 0 aliphatic carbocycles. The minimum Gasteiger partial charge on any atom is -0.309 e. The van der Waals surface area contributed by atoms with Crippen molar-refractivity contribution in [1.82, 2.24) is 10.2 Å². The molecule has 88 valence electrons. The second-order valence-corrected chi connectivity index (χ2v) is 4.99. The zero-order valence-corrected chi connectivity index (χ0v) is 10.7. The number of piperidine rings is 1. The third-order valence-electron chi connectivity index (χ3n) is 3.40. The van der Waals surface area contributed by atoms with Gasteiger partial charge in [0.1, 0.15) is 0 Å². The van der Waals surface area contributed by atoms with Gasteiger partial charge in [0.15, 0.2) is 0 Å². The van der Waals surface area contributed by atoms with Crippen LogP contribution in [0.1, 0.15) is 26.7 Å². The van der Waals surface area contributed by atoms with Gasteiger partial charge < -0.3 is 10.2 Å². The Kier molecular flexibility index (Phi) is 5.65. The van der Waals surface area contributed by atoms with E-state index in [4.69, 9.17) is 11.6 Å². The Hall–Kier alpha value is -0.0500. The molecule has 0 aromatic carbocycles. The smallest absolute Gasteiger partial charge is 0.0310 e. The second kappa shape index (κ2) is 6.51. The molecule has 0 aromatic heterocycles. The van der Waals surface area contributed by atoms with Gasteiger partial charge in [0, 0.05) is 17.6 Å². The number of nitrogens with zero attached hydrogens (tertiary/aromatic N) is 1. The number of hydrogen-bond donors (Lipinski definition) is 1. The van der Waals surface area contributed by atoms with Gasteiger partial charge in [-0.2, -0.15) is 0 Å². The molecule has 1 aliphatic heterocycles. The highest BCUT2D eigenvalue weighted by atomic mass is 35.5. The zero-order chi connectivity index (χ0) is 11.3. The van der Waals surface area contributed by atoms with Gasteiger partial charge in [0.05, 0.1) is 0 Å². The van der Waals surface area contributed by atoms with Crippen molar-refractivity contribution < 1.29 is 0 Å². The highest BCUT2D eigenvalue weighted by Gasteiger charge is 2.22. The van der Waals surface area contributed by atoms with Crippen molar-refractivity contribution in [3.8, 4) is 0 Å². The van der Waals surface area contributed by atoms with Gasteiger partial charge >= 0.3 is 0 Å². The van der Waals surface area contributed by atoms with Crippen molar-refractivity contribution in [3.63, 3.8) is 0 Å². The van der Waals surface area contributed by atoms with Crippen LogP contribution >= 0.6 is 11.6 Å². The van der Waals surface area contributed by atoms with Crippen LogP contribution in [0.4, 0.5) is 0 Å². The Balaban J connectivity index is 2.23. The third-order valence-corrected chi connectivity index (χ3v) is 3.54. The first kappa shape index (κ1) is 13.0. The highest BCUT2D eigenvalue weighted by molar-refractivity contribution is 6.29. The Bertz CT molecular complexity index is 198. The predicted molar refractivity (Wildman–Crippen MR) is 67.3 cm³/mol. The third kappa shape index (κ3) is 4.54. The summed E-state index contributed by atoms with van der Waals surface area (Å²) in [6, 6.07) is 0.555. The molecule has 1 saturated heterocycles. The summed E-state index contributed by atoms with van der Waals surface area (Å²) < 4.78 is 0. The Morgan fingerprint density at radius 2 is 2.13 bits per heavy atom. The number of hydrogen-bond acceptors (Lipinski definition) is 2. The van der Waals surface area contributed by atoms with Gasteiger partial charge in [-0.1, -0.05) is 25.1 Å². The van der Waals surface area contributed by atoms with Crippen LogP contribution in [-0.4, -0.2) is 37.1 Å². The summed E-state index contributed by atoms with van der Waals surface area (Å²) in [6.07, 6.45) is 2.60. The fourth-order valence-corrected chi connectivity index (χ4v) is 2.28. The monoisotopic (exact) mass is 230 g/mol. The number of halogens is 1. The summed E-state index contributed by atoms with van der Waals surface area (Å²) in [7, 11) is 0. The molecular weight excluding hydrogens is 208 g/mol. The fraction of sp³-hybridized carbons (Fsp3) is 0.833. The number of likely N-dealkylation sites (tertiary alicyclic amines) is 1. The summed E-state index contributed by atoms with van der Waals surface area (Å²) in [4.78, 5) is 2.52. The van der Waals surface area contributed by atoms with Crippen LogP contribution in [0.5, 0.6) is 0 Å². The number of rotatable bonds is 5. The van der Waals surface area contributed by atoms with Crippen LogP contribution in [0.25, 0.3) is 0 Å². The average Bonchev–Trinajstić information content (AvgIpc) is 2.26. The lowest BCUT2D eigenvalue weighted by atomic mass is 9.90. The maximum absolute atomic E-state index is 5.74. The Labute approximate surface area is 98.7 Å². The van der Waals surface area contributed by atoms with Crippen molar-refractivity contribution >= 4 is 11.6 Å². The van der Waals surface area contributed by atoms with Gasteiger partial charge in [-0.15, -0.1) is 0 Å². The molecule has 1 unspecified atom stereocenters. The normalized spacial score (nSPS) is 21.5. The van der Waals surface area contributed by atoms with E-state index >= 15 is 0 Å². The van der Waals surface area contributed by atoms with E-state index in [1.807, 2.05) is 0 Å². The molecule has 0 amide bonds. The van der Waals surface area contributed by atoms with Crippen LogP contribution in [0.2, 0.25) is 0 Å². The Morgan fingerprint density at radius 1 is 1.53 bits per heavy atom. The molecule has 1 fully saturated rings. The van der Waals surface area contributed by atoms with E-state index in [1.54, 1.807) is 0 Å². The molecule has 1 atom stereocenters. The van der Waals surface area contributed by atoms with Crippen molar-refractivity contribution in [2.75, 3.05) is 26.2 Å². The van der Waals surface area contributed by atoms with Gasteiger partial charge in [0.25, 0.3) is 0 Å². The maximum atomic E-state index is 5.74. The molecule has 0 radical (unpaired) electrons. The minimum atomic E-state index is 0.555. The summed E-state index contributed by atoms with van der Waals surface area (Å²) in [5.74, 6) is 0.795. The first-order valence-corrected chi connectivity index (χ1v) is 6.30. The Morgan fingerprint density at radius 3 is 2.60 bits per heavy atom. The molecule has 3 heteroatoms. The van der Waals surface area contributed by atoms with Crippen LogP contribution in [0.3, 0.4) is 0 Å². The van der Waals surface area contributed by atoms with Crippen molar-refractivity contribution in [3.05, 3.63) is 11.6 Å². The summed E-state index contributed by atoms with van der Waals surface area (Å²) in [5.41, 5.74) is 0. The van der Waals surface area contributed by atoms with E-state index in [9.17, 15) is 0 Å². The van der Waals surface area contributed by atoms with Gasteiger partial charge in [0.2, 0.25) is 0 Å². The van der Waals surface area contributed by atoms with Gasteiger partial charge in [-0.05, 0) is 45.3 Å². The maximum Gasteiger partial charge on any atom is 0.0310 e. The lowest BCUT2D eigenvalue weighted by molar-refractivity contribution is 0.170. The molecule has 1 heterocycles. The lowest BCUT2D eigenvalue weighted by Crippen LogP contribution is -2.42. The molecule has 1 aliphatic rings. The molecule has 1 N–H and O–H groups in total. The van der Waals surface area contributed by atoms with Crippen LogP contribution < -0.4 is 5.32 Å². The molecule has 0 aromatic rings. The van der Waals surface area contributed by atoms with Crippen molar-refractivity contribution in [2.24, 2.45) is 5.92 Å². The zero-order valence-electron chi connectivity index (χ0n) is 9.93. The predicted octanol–water partition coefficient (Wildman–Crippen LogP) is 2.45. The van der Waals surface area contributed by atoms with Crippen molar-refractivity contribution in [1.29, 1.82) is 0 Å². The highest BCUT2D eigenvalue weighted by Crippen LogP contribution is 2.20. The quantitative estimate of drug-likeness (QED) is 0.781. The topological polar surface area (TPSA) is 15.3 Å². The molecule has 0 spiro atoms. The summed E-state index contributed by atoms with van der Waals surface area (Å²) in [5, 5.41) is 4.14. The molecule has 0 saturated carbocycles. The van der Waals surface area contributed by atoms with Crippen LogP contribution in [-0.2, 0) is 0 Å². The average molecular weight is 231 g/mol. The van der Waals surface area contributed by atoms with E-state index in [-0.39, 0.29) is 0 Å². The van der Waals surface area contributed by atoms with E-state index < -0.39 is 0 Å². The van der Waals surface area contributed by atoms with E-state index in [2.05, 4.69) is 30.6 Å². The fourth-order valence-electron chi connectivity index (χ4n) is 2.21. The SMILES string of the molecule is C=C(Cl)CNC(C)C1CCN(CC)CC1. The minimum absolute atomic E-state index is 0.555. The first-order valence-electron chi connectivity index (χ1n) is 5.92. The van der Waals surface area contributed by atoms with Crippen LogP contribution in [0, 0.1) is 5.92 Å². The van der Waals surface area contributed by atoms with E-state index in [0.717, 1.165) is 12.5 Å². The summed E-state index contributed by atoms with van der Waals surface area (Å²) >= 11 is 5.74. The second-order valence-electron chi connectivity index (χ2n) is 4.46. The molecule has 0 bridgehead atoms. The molecule has 2 nitrogen and oxygen atoms in total. The van der Waals surface area contributed by atoms with Crippen LogP contribution in [0.15, 0.2) is 11.6 Å². The first-order chi connectivity index (χ1) is 7.13. The van der Waals surface area contributed by atoms with Gasteiger partial charge in [-0.25, -0.2) is 0 Å². The summed E-state index contributed by atoms with van der Waals surface area (Å²) in [6.45, 7) is 12.6. The largest absolute Gasteiger partial charge is 0.309 e.